The number of nitrogens with zero attached hydrogens (tertiary/aromatic N) is 3. The Morgan fingerprint density at radius 2 is 1.80 bits per heavy atom. The molecule has 1 fully saturated rings. The number of halogens is 1. The maximum Gasteiger partial charge on any atom is 0.274 e. The molecule has 30 heavy (non-hydrogen) atoms. The number of thiazole rings is 1. The van der Waals surface area contributed by atoms with Crippen molar-refractivity contribution in [2.75, 3.05) is 13.1 Å². The molecule has 0 spiro atoms. The summed E-state index contributed by atoms with van der Waals surface area (Å²) in [7, 11) is 0. The Hall–Kier alpha value is -3.19. The number of rotatable bonds is 4. The molecule has 5 rings (SSSR count). The van der Waals surface area contributed by atoms with Gasteiger partial charge in [0.15, 0.2) is 0 Å². The highest BCUT2D eigenvalue weighted by Crippen LogP contribution is 2.30. The van der Waals surface area contributed by atoms with Gasteiger partial charge < -0.3 is 14.2 Å². The molecule has 0 atom stereocenters. The first-order valence-electron chi connectivity index (χ1n) is 9.91. The van der Waals surface area contributed by atoms with Crippen LogP contribution in [-0.4, -0.2) is 39.6 Å². The van der Waals surface area contributed by atoms with Crippen LogP contribution in [0.2, 0.25) is 0 Å². The number of amides is 1. The molecule has 0 N–H and O–H groups in total. The Morgan fingerprint density at radius 1 is 1.07 bits per heavy atom. The van der Waals surface area contributed by atoms with Crippen LogP contribution in [0.25, 0.3) is 15.9 Å². The van der Waals surface area contributed by atoms with Crippen LogP contribution in [0.4, 0.5) is 4.39 Å². The van der Waals surface area contributed by atoms with Gasteiger partial charge in [-0.15, -0.1) is 0 Å². The quantitative estimate of drug-likeness (QED) is 0.470. The summed E-state index contributed by atoms with van der Waals surface area (Å²) in [6.07, 6.45) is 5.46. The Bertz CT molecular complexity index is 1160. The van der Waals surface area contributed by atoms with Crippen molar-refractivity contribution in [1.29, 1.82) is 0 Å². The number of carbonyl (C=O) groups is 1. The molecule has 0 radical (unpaired) electrons. The van der Waals surface area contributed by atoms with Gasteiger partial charge in [-0.3, -0.25) is 4.79 Å². The zero-order valence-electron chi connectivity index (χ0n) is 16.2. The van der Waals surface area contributed by atoms with Crippen molar-refractivity contribution in [3.63, 3.8) is 0 Å². The summed E-state index contributed by atoms with van der Waals surface area (Å²) in [5.41, 5.74) is 2.46. The maximum absolute atomic E-state index is 13.4. The highest BCUT2D eigenvalue weighted by atomic mass is 32.1. The van der Waals surface area contributed by atoms with Gasteiger partial charge in [0, 0.05) is 49.6 Å². The lowest BCUT2D eigenvalue weighted by molar-refractivity contribution is 0.0595. The summed E-state index contributed by atoms with van der Waals surface area (Å²) in [6.45, 7) is 1.28. The van der Waals surface area contributed by atoms with Crippen molar-refractivity contribution in [1.82, 2.24) is 14.5 Å². The van der Waals surface area contributed by atoms with Crippen LogP contribution in [0.5, 0.6) is 5.19 Å². The number of carbonyl (C=O) groups excluding carboxylic acids is 1. The molecular weight excluding hydrogens is 401 g/mol. The number of hydrogen-bond donors (Lipinski definition) is 0. The van der Waals surface area contributed by atoms with Gasteiger partial charge in [0.05, 0.1) is 10.2 Å². The molecule has 0 bridgehead atoms. The van der Waals surface area contributed by atoms with Crippen molar-refractivity contribution in [2.45, 2.75) is 18.9 Å². The molecular formula is C23H20FN3O2S. The Labute approximate surface area is 177 Å². The number of ether oxygens (including phenoxy) is 1. The highest BCUT2D eigenvalue weighted by Gasteiger charge is 2.25. The van der Waals surface area contributed by atoms with Crippen molar-refractivity contribution in [3.8, 4) is 10.9 Å². The number of aromatic nitrogens is 2. The van der Waals surface area contributed by atoms with Gasteiger partial charge in [-0.1, -0.05) is 11.3 Å². The fraction of sp³-hybridized carbons (Fsp3) is 0.217. The molecule has 4 aromatic rings. The third-order valence-electron chi connectivity index (χ3n) is 5.34. The van der Waals surface area contributed by atoms with Gasteiger partial charge in [-0.2, -0.15) is 0 Å². The lowest BCUT2D eigenvalue weighted by Crippen LogP contribution is -2.41. The molecule has 3 heterocycles. The fourth-order valence-corrected chi connectivity index (χ4v) is 4.62. The van der Waals surface area contributed by atoms with E-state index in [2.05, 4.69) is 4.98 Å². The number of benzene rings is 2. The molecule has 1 saturated heterocycles. The average molecular weight is 421 g/mol. The minimum Gasteiger partial charge on any atom is -0.467 e. The highest BCUT2D eigenvalue weighted by molar-refractivity contribution is 7.20. The van der Waals surface area contributed by atoms with Crippen molar-refractivity contribution in [3.05, 3.63) is 78.4 Å². The number of piperidine rings is 1. The number of hydrogen-bond acceptors (Lipinski definition) is 4. The molecule has 2 aromatic carbocycles. The molecule has 1 aliphatic rings. The predicted molar refractivity (Wildman–Crippen MR) is 115 cm³/mol. The third kappa shape index (κ3) is 3.80. The van der Waals surface area contributed by atoms with Crippen LogP contribution in [0.15, 0.2) is 67.0 Å². The minimum absolute atomic E-state index is 0.00979. The normalized spacial score (nSPS) is 14.9. The van der Waals surface area contributed by atoms with E-state index in [-0.39, 0.29) is 17.8 Å². The van der Waals surface area contributed by atoms with Crippen LogP contribution in [0.1, 0.15) is 23.2 Å². The Kier molecular flexibility index (Phi) is 4.96. The molecule has 2 aromatic heterocycles. The van der Waals surface area contributed by atoms with Crippen LogP contribution in [0, 0.1) is 5.82 Å². The zero-order chi connectivity index (χ0) is 20.5. The van der Waals surface area contributed by atoms with Crippen molar-refractivity contribution >= 4 is 27.5 Å². The first-order valence-corrected chi connectivity index (χ1v) is 10.7. The topological polar surface area (TPSA) is 47.4 Å². The summed E-state index contributed by atoms with van der Waals surface area (Å²) in [5, 5.41) is 0.556. The van der Waals surface area contributed by atoms with Crippen molar-refractivity contribution < 1.29 is 13.9 Å². The van der Waals surface area contributed by atoms with Gasteiger partial charge in [0.2, 0.25) is 0 Å². The van der Waals surface area contributed by atoms with Gasteiger partial charge in [-0.05, 0) is 54.6 Å². The van der Waals surface area contributed by atoms with Crippen LogP contribution in [-0.2, 0) is 0 Å². The second-order valence-electron chi connectivity index (χ2n) is 7.34. The summed E-state index contributed by atoms with van der Waals surface area (Å²) in [5.74, 6) is -0.228. The van der Waals surface area contributed by atoms with E-state index in [9.17, 15) is 9.18 Å². The van der Waals surface area contributed by atoms with Crippen LogP contribution >= 0.6 is 11.3 Å². The first-order chi connectivity index (χ1) is 14.7. The van der Waals surface area contributed by atoms with E-state index in [4.69, 9.17) is 4.74 Å². The summed E-state index contributed by atoms with van der Waals surface area (Å²) in [6, 6.07) is 16.1. The van der Waals surface area contributed by atoms with E-state index in [1.54, 1.807) is 6.07 Å². The van der Waals surface area contributed by atoms with E-state index in [1.807, 2.05) is 58.3 Å². The molecule has 0 unspecified atom stereocenters. The predicted octanol–water partition coefficient (Wildman–Crippen LogP) is 4.91. The molecule has 7 heteroatoms. The second kappa shape index (κ2) is 7.91. The van der Waals surface area contributed by atoms with E-state index >= 15 is 0 Å². The van der Waals surface area contributed by atoms with Crippen LogP contribution in [0.3, 0.4) is 0 Å². The monoisotopic (exact) mass is 421 g/mol. The summed E-state index contributed by atoms with van der Waals surface area (Å²) in [4.78, 5) is 19.1. The molecule has 0 saturated carbocycles. The van der Waals surface area contributed by atoms with E-state index in [0.29, 0.717) is 23.8 Å². The maximum atomic E-state index is 13.4. The standard InChI is InChI=1S/C23H20FN3O2S/c24-17-5-8-20-21(15-17)30-23(25-20)29-19-9-13-27(14-10-19)22(28)16-3-6-18(7-4-16)26-11-1-2-12-26/h1-8,11-12,15,19H,9-10,13-14H2. The fourth-order valence-electron chi connectivity index (χ4n) is 3.71. The second-order valence-corrected chi connectivity index (χ2v) is 8.33. The van der Waals surface area contributed by atoms with Gasteiger partial charge in [-0.25, -0.2) is 9.37 Å². The third-order valence-corrected chi connectivity index (χ3v) is 6.25. The lowest BCUT2D eigenvalue weighted by Gasteiger charge is -2.31. The smallest absolute Gasteiger partial charge is 0.274 e. The zero-order valence-corrected chi connectivity index (χ0v) is 17.0. The number of likely N-dealkylation sites (tertiary alicyclic amines) is 1. The Balaban J connectivity index is 1.19. The molecule has 152 valence electrons. The van der Waals surface area contributed by atoms with Crippen molar-refractivity contribution in [2.24, 2.45) is 0 Å². The minimum atomic E-state index is -0.272. The van der Waals surface area contributed by atoms with Crippen LogP contribution < -0.4 is 4.74 Å². The molecule has 1 aliphatic heterocycles. The van der Waals surface area contributed by atoms with Gasteiger partial charge in [0.25, 0.3) is 11.1 Å². The largest absolute Gasteiger partial charge is 0.467 e. The van der Waals surface area contributed by atoms with E-state index < -0.39 is 0 Å². The van der Waals surface area contributed by atoms with Gasteiger partial charge >= 0.3 is 0 Å². The lowest BCUT2D eigenvalue weighted by atomic mass is 10.1. The molecule has 0 aliphatic carbocycles. The summed E-state index contributed by atoms with van der Waals surface area (Å²) < 4.78 is 22.2. The van der Waals surface area contributed by atoms with Gasteiger partial charge in [0.1, 0.15) is 11.9 Å². The molecule has 5 nitrogen and oxygen atoms in total. The number of fused-ring (bicyclic) bond motifs is 1. The SMILES string of the molecule is O=C(c1ccc(-n2cccc2)cc1)N1CCC(Oc2nc3ccc(F)cc3s2)CC1. The molecule has 1 amide bonds. The first kappa shape index (κ1) is 18.8. The Morgan fingerprint density at radius 3 is 2.53 bits per heavy atom. The summed E-state index contributed by atoms with van der Waals surface area (Å²) >= 11 is 1.35. The van der Waals surface area contributed by atoms with E-state index in [0.717, 1.165) is 28.7 Å². The average Bonchev–Trinajstić information content (AvgIpc) is 3.43. The van der Waals surface area contributed by atoms with E-state index in [1.165, 1.54) is 23.5 Å².